The summed E-state index contributed by atoms with van der Waals surface area (Å²) in [6.07, 6.45) is 0.362. The number of benzene rings is 2. The molecule has 0 aliphatic heterocycles. The number of nitrogens with zero attached hydrogens (tertiary/aromatic N) is 3. The number of carbonyl (C=O) groups is 2. The molecular weight excluding hydrogens is 388 g/mol. The maximum atomic E-state index is 13.0. The fourth-order valence-electron chi connectivity index (χ4n) is 3.55. The summed E-state index contributed by atoms with van der Waals surface area (Å²) in [4.78, 5) is 26.9. The first-order chi connectivity index (χ1) is 14.8. The molecule has 1 heterocycles. The second kappa shape index (κ2) is 9.60. The van der Waals surface area contributed by atoms with Gasteiger partial charge in [-0.05, 0) is 45.4 Å². The number of anilines is 1. The maximum absolute atomic E-state index is 13.0. The lowest BCUT2D eigenvalue weighted by Gasteiger charge is -2.26. The van der Waals surface area contributed by atoms with E-state index in [0.717, 1.165) is 28.1 Å². The number of amides is 2. The van der Waals surface area contributed by atoms with E-state index in [0.29, 0.717) is 12.2 Å². The van der Waals surface area contributed by atoms with Crippen LogP contribution in [-0.4, -0.2) is 39.1 Å². The topological polar surface area (TPSA) is 67.2 Å². The van der Waals surface area contributed by atoms with E-state index >= 15 is 0 Å². The first kappa shape index (κ1) is 22.3. The van der Waals surface area contributed by atoms with E-state index in [-0.39, 0.29) is 24.4 Å². The molecule has 0 spiro atoms. The fraction of sp³-hybridized carbons (Fsp3) is 0.320. The molecule has 2 aromatic carbocycles. The van der Waals surface area contributed by atoms with E-state index in [9.17, 15) is 9.59 Å². The zero-order chi connectivity index (χ0) is 22.5. The smallest absolute Gasteiger partial charge is 0.245 e. The highest BCUT2D eigenvalue weighted by molar-refractivity contribution is 5.98. The predicted octanol–water partition coefficient (Wildman–Crippen LogP) is 4.74. The van der Waals surface area contributed by atoms with Gasteiger partial charge in [0.05, 0.1) is 11.4 Å². The summed E-state index contributed by atoms with van der Waals surface area (Å²) in [5, 5.41) is 7.77. The van der Waals surface area contributed by atoms with Crippen LogP contribution in [-0.2, 0) is 9.59 Å². The zero-order valence-electron chi connectivity index (χ0n) is 18.8. The van der Waals surface area contributed by atoms with Crippen LogP contribution in [0.25, 0.3) is 16.8 Å². The predicted molar refractivity (Wildman–Crippen MR) is 124 cm³/mol. The Morgan fingerprint density at radius 2 is 1.68 bits per heavy atom. The van der Waals surface area contributed by atoms with Crippen LogP contribution in [0.5, 0.6) is 0 Å². The molecule has 3 rings (SSSR count). The second-order valence-corrected chi connectivity index (χ2v) is 7.94. The average molecular weight is 419 g/mol. The van der Waals surface area contributed by atoms with Crippen LogP contribution in [0.1, 0.15) is 38.4 Å². The largest absolute Gasteiger partial charge is 0.331 e. The summed E-state index contributed by atoms with van der Waals surface area (Å²) in [7, 11) is 0. The SMILES string of the molecule is CCC(=O)N(CC(=O)Nc1c(-c2ccccc2)c(C)nn1-c1ccc(C)cc1)C(C)C. The molecule has 0 radical (unpaired) electrons. The van der Waals surface area contributed by atoms with Gasteiger partial charge >= 0.3 is 0 Å². The monoisotopic (exact) mass is 418 g/mol. The quantitative estimate of drug-likeness (QED) is 0.602. The number of aromatic nitrogens is 2. The Balaban J connectivity index is 2.03. The highest BCUT2D eigenvalue weighted by atomic mass is 16.2. The summed E-state index contributed by atoms with van der Waals surface area (Å²) >= 11 is 0. The third-order valence-corrected chi connectivity index (χ3v) is 5.22. The van der Waals surface area contributed by atoms with Gasteiger partial charge in [-0.25, -0.2) is 4.68 Å². The lowest BCUT2D eigenvalue weighted by atomic mass is 10.1. The van der Waals surface area contributed by atoms with Gasteiger partial charge in [0.1, 0.15) is 12.4 Å². The van der Waals surface area contributed by atoms with Gasteiger partial charge in [-0.1, -0.05) is 55.0 Å². The molecule has 0 bridgehead atoms. The Kier molecular flexibility index (Phi) is 6.90. The van der Waals surface area contributed by atoms with Gasteiger partial charge in [0.25, 0.3) is 0 Å². The van der Waals surface area contributed by atoms with Crippen molar-refractivity contribution in [3.8, 4) is 16.8 Å². The van der Waals surface area contributed by atoms with Crippen LogP contribution >= 0.6 is 0 Å². The van der Waals surface area contributed by atoms with Crippen molar-refractivity contribution in [3.63, 3.8) is 0 Å². The van der Waals surface area contributed by atoms with Gasteiger partial charge in [-0.3, -0.25) is 9.59 Å². The summed E-state index contributed by atoms with van der Waals surface area (Å²) < 4.78 is 1.76. The van der Waals surface area contributed by atoms with Gasteiger partial charge in [0.15, 0.2) is 0 Å². The maximum Gasteiger partial charge on any atom is 0.245 e. The van der Waals surface area contributed by atoms with Gasteiger partial charge in [-0.2, -0.15) is 5.10 Å². The van der Waals surface area contributed by atoms with Gasteiger partial charge in [-0.15, -0.1) is 0 Å². The molecule has 6 nitrogen and oxygen atoms in total. The van der Waals surface area contributed by atoms with Gasteiger partial charge < -0.3 is 10.2 Å². The molecule has 0 unspecified atom stereocenters. The molecular formula is C25H30N4O2. The van der Waals surface area contributed by atoms with Gasteiger partial charge in [0, 0.05) is 18.0 Å². The molecule has 0 aliphatic rings. The van der Waals surface area contributed by atoms with Crippen molar-refractivity contribution in [2.45, 2.75) is 47.1 Å². The first-order valence-corrected chi connectivity index (χ1v) is 10.6. The Bertz CT molecular complexity index is 1050. The minimum atomic E-state index is -0.249. The third-order valence-electron chi connectivity index (χ3n) is 5.22. The number of hydrogen-bond donors (Lipinski definition) is 1. The molecule has 31 heavy (non-hydrogen) atoms. The van der Waals surface area contributed by atoms with Crippen LogP contribution in [0.15, 0.2) is 54.6 Å². The minimum absolute atomic E-state index is 0.00328. The molecule has 0 fully saturated rings. The molecule has 0 atom stereocenters. The van der Waals surface area contributed by atoms with Crippen molar-refractivity contribution >= 4 is 17.6 Å². The molecule has 2 amide bonds. The van der Waals surface area contributed by atoms with Crippen LogP contribution in [0.3, 0.4) is 0 Å². The summed E-state index contributed by atoms with van der Waals surface area (Å²) in [6.45, 7) is 9.59. The lowest BCUT2D eigenvalue weighted by molar-refractivity contribution is -0.136. The Labute approximate surface area is 183 Å². The highest BCUT2D eigenvalue weighted by Crippen LogP contribution is 2.33. The average Bonchev–Trinajstić information content (AvgIpc) is 3.08. The van der Waals surface area contributed by atoms with Crippen molar-refractivity contribution in [2.75, 3.05) is 11.9 Å². The van der Waals surface area contributed by atoms with Crippen molar-refractivity contribution in [1.29, 1.82) is 0 Å². The summed E-state index contributed by atoms with van der Waals surface area (Å²) in [5.41, 5.74) is 4.66. The third kappa shape index (κ3) is 5.02. The van der Waals surface area contributed by atoms with Crippen molar-refractivity contribution in [1.82, 2.24) is 14.7 Å². The van der Waals surface area contributed by atoms with E-state index in [1.165, 1.54) is 0 Å². The number of nitrogens with one attached hydrogen (secondary N) is 1. The molecule has 0 saturated heterocycles. The zero-order valence-corrected chi connectivity index (χ0v) is 18.8. The first-order valence-electron chi connectivity index (χ1n) is 10.6. The standard InChI is InChI=1S/C25H30N4O2/c1-6-23(31)28(17(2)3)16-22(30)26-25-24(20-10-8-7-9-11-20)19(5)27-29(25)21-14-12-18(4)13-15-21/h7-15,17H,6,16H2,1-5H3,(H,26,30). The van der Waals surface area contributed by atoms with E-state index in [1.807, 2.05) is 82.3 Å². The molecule has 0 saturated carbocycles. The van der Waals surface area contributed by atoms with Crippen LogP contribution < -0.4 is 5.32 Å². The highest BCUT2D eigenvalue weighted by Gasteiger charge is 2.23. The van der Waals surface area contributed by atoms with E-state index in [2.05, 4.69) is 5.32 Å². The molecule has 3 aromatic rings. The molecule has 0 aliphatic carbocycles. The Hall–Kier alpha value is -3.41. The fourth-order valence-corrected chi connectivity index (χ4v) is 3.55. The number of carbonyl (C=O) groups excluding carboxylic acids is 2. The number of rotatable bonds is 7. The summed E-state index contributed by atoms with van der Waals surface area (Å²) in [6, 6.07) is 17.8. The Morgan fingerprint density at radius 3 is 2.26 bits per heavy atom. The number of aryl methyl sites for hydroxylation is 2. The normalized spacial score (nSPS) is 10.9. The van der Waals surface area contributed by atoms with Crippen LogP contribution in [0, 0.1) is 13.8 Å². The van der Waals surface area contributed by atoms with E-state index in [1.54, 1.807) is 16.5 Å². The van der Waals surface area contributed by atoms with Gasteiger partial charge in [0.2, 0.25) is 11.8 Å². The second-order valence-electron chi connectivity index (χ2n) is 7.94. The molecule has 6 heteroatoms. The molecule has 1 aromatic heterocycles. The van der Waals surface area contributed by atoms with E-state index in [4.69, 9.17) is 5.10 Å². The summed E-state index contributed by atoms with van der Waals surface area (Å²) in [5.74, 6) is 0.308. The van der Waals surface area contributed by atoms with Crippen molar-refractivity contribution in [2.24, 2.45) is 0 Å². The van der Waals surface area contributed by atoms with Crippen molar-refractivity contribution < 1.29 is 9.59 Å². The molecule has 1 N–H and O–H groups in total. The minimum Gasteiger partial charge on any atom is -0.331 e. The molecule has 162 valence electrons. The number of hydrogen-bond acceptors (Lipinski definition) is 3. The lowest BCUT2D eigenvalue weighted by Crippen LogP contribution is -2.42. The van der Waals surface area contributed by atoms with Crippen molar-refractivity contribution in [3.05, 3.63) is 65.9 Å². The van der Waals surface area contributed by atoms with Crippen LogP contribution in [0.4, 0.5) is 5.82 Å². The van der Waals surface area contributed by atoms with Crippen LogP contribution in [0.2, 0.25) is 0 Å². The Morgan fingerprint density at radius 1 is 1.03 bits per heavy atom. The van der Waals surface area contributed by atoms with E-state index < -0.39 is 0 Å².